The Labute approximate surface area is 209 Å². The van der Waals surface area contributed by atoms with E-state index in [0.29, 0.717) is 28.7 Å². The number of methoxy groups -OCH3 is 3. The molecule has 3 atom stereocenters. The summed E-state index contributed by atoms with van der Waals surface area (Å²) in [6.45, 7) is 0. The molecule has 0 amide bonds. The van der Waals surface area contributed by atoms with Crippen LogP contribution in [0.5, 0.6) is 17.2 Å². The molecule has 5 rings (SSSR count). The first-order valence-electron chi connectivity index (χ1n) is 11.5. The van der Waals surface area contributed by atoms with E-state index in [0.717, 1.165) is 28.2 Å². The molecule has 2 aliphatic rings. The molecule has 1 heterocycles. The lowest BCUT2D eigenvalue weighted by atomic mass is 9.76. The fourth-order valence-corrected chi connectivity index (χ4v) is 5.18. The average Bonchev–Trinajstić information content (AvgIpc) is 3.04. The Morgan fingerprint density at radius 3 is 2.26 bits per heavy atom. The number of carbonyl (C=O) groups excluding carboxylic acids is 1. The highest BCUT2D eigenvalue weighted by Gasteiger charge is 2.41. The number of fused-ring (bicyclic) bond motifs is 2. The van der Waals surface area contributed by atoms with Gasteiger partial charge in [-0.15, -0.1) is 0 Å². The van der Waals surface area contributed by atoms with Gasteiger partial charge < -0.3 is 24.8 Å². The number of benzene rings is 3. The van der Waals surface area contributed by atoms with Crippen LogP contribution in [0.15, 0.2) is 72.4 Å². The molecule has 7 heteroatoms. The van der Waals surface area contributed by atoms with Gasteiger partial charge in [0.25, 0.3) is 0 Å². The van der Waals surface area contributed by atoms with E-state index >= 15 is 0 Å². The van der Waals surface area contributed by atoms with Gasteiger partial charge in [-0.1, -0.05) is 41.9 Å². The van der Waals surface area contributed by atoms with Gasteiger partial charge in [0, 0.05) is 28.6 Å². The number of Topliss-reactive ketones (excluding diaryl/α,β-unsaturated/α-hetero) is 1. The van der Waals surface area contributed by atoms with Crippen LogP contribution in [0.3, 0.4) is 0 Å². The van der Waals surface area contributed by atoms with Gasteiger partial charge in [-0.2, -0.15) is 0 Å². The van der Waals surface area contributed by atoms with Crippen molar-refractivity contribution in [3.8, 4) is 17.2 Å². The lowest BCUT2D eigenvalue weighted by molar-refractivity contribution is -0.122. The van der Waals surface area contributed by atoms with Gasteiger partial charge in [0.15, 0.2) is 11.5 Å². The predicted molar refractivity (Wildman–Crippen MR) is 138 cm³/mol. The van der Waals surface area contributed by atoms with Crippen LogP contribution in [-0.2, 0) is 4.79 Å². The molecule has 0 spiro atoms. The molecule has 6 nitrogen and oxygen atoms in total. The smallest absolute Gasteiger partial charge is 0.203 e. The molecule has 0 saturated carbocycles. The summed E-state index contributed by atoms with van der Waals surface area (Å²) in [5.74, 6) is 1.24. The van der Waals surface area contributed by atoms with E-state index in [1.165, 1.54) is 0 Å². The molecule has 0 fully saturated rings. The maximum atomic E-state index is 13.8. The maximum absolute atomic E-state index is 13.8. The highest BCUT2D eigenvalue weighted by atomic mass is 35.5. The number of ether oxygens (including phenoxy) is 3. The van der Waals surface area contributed by atoms with E-state index in [2.05, 4.69) is 16.7 Å². The number of para-hydroxylation sites is 2. The number of ketones is 1. The van der Waals surface area contributed by atoms with Gasteiger partial charge in [0.2, 0.25) is 5.75 Å². The normalized spacial score (nSPS) is 20.9. The summed E-state index contributed by atoms with van der Waals surface area (Å²) < 4.78 is 16.9. The van der Waals surface area contributed by atoms with Crippen LogP contribution >= 0.6 is 11.6 Å². The van der Waals surface area contributed by atoms with Crippen molar-refractivity contribution in [2.45, 2.75) is 18.4 Å². The molecule has 0 aromatic heterocycles. The number of carbonyl (C=O) groups is 1. The largest absolute Gasteiger partial charge is 0.493 e. The van der Waals surface area contributed by atoms with E-state index in [-0.39, 0.29) is 17.7 Å². The number of nitrogens with one attached hydrogen (secondary N) is 2. The second kappa shape index (κ2) is 9.55. The molecule has 3 unspecified atom stereocenters. The monoisotopic (exact) mass is 490 g/mol. The first-order valence-corrected chi connectivity index (χ1v) is 11.8. The zero-order chi connectivity index (χ0) is 24.5. The lowest BCUT2D eigenvalue weighted by Crippen LogP contribution is -2.34. The number of halogens is 1. The van der Waals surface area contributed by atoms with E-state index in [9.17, 15) is 4.79 Å². The first kappa shape index (κ1) is 23.1. The Balaban J connectivity index is 1.66. The fraction of sp³-hybridized carbons (Fsp3) is 0.250. The molecule has 1 aliphatic heterocycles. The molecule has 1 aliphatic carbocycles. The van der Waals surface area contributed by atoms with Crippen molar-refractivity contribution < 1.29 is 19.0 Å². The van der Waals surface area contributed by atoms with Crippen molar-refractivity contribution in [2.75, 3.05) is 32.0 Å². The van der Waals surface area contributed by atoms with Gasteiger partial charge in [-0.05, 0) is 42.0 Å². The van der Waals surface area contributed by atoms with E-state index in [1.807, 2.05) is 60.7 Å². The number of allylic oxidation sites excluding steroid dienone is 1. The number of anilines is 2. The van der Waals surface area contributed by atoms with Crippen LogP contribution in [0.4, 0.5) is 11.4 Å². The summed E-state index contributed by atoms with van der Waals surface area (Å²) in [6.07, 6.45) is 2.56. The molecule has 0 bridgehead atoms. The van der Waals surface area contributed by atoms with Gasteiger partial charge in [-0.3, -0.25) is 4.79 Å². The first-order chi connectivity index (χ1) is 17.0. The summed E-state index contributed by atoms with van der Waals surface area (Å²) in [5.41, 5.74) is 4.55. The Bertz CT molecular complexity index is 1290. The standard InChI is InChI=1S/C28H27ClN2O4/c1-33-24-13-12-19(27(34-2)28(24)35-3)26-25-22(30-20-6-4-5-7-21(20)31-26)14-17(15-23(25)32)16-8-10-18(29)11-9-16/h4-14,17,25-26,30-31H,15H2,1-3H3. The minimum atomic E-state index is -0.446. The second-order valence-electron chi connectivity index (χ2n) is 8.64. The van der Waals surface area contributed by atoms with Crippen LogP contribution in [0.1, 0.15) is 29.5 Å². The van der Waals surface area contributed by atoms with E-state index in [4.69, 9.17) is 25.8 Å². The molecule has 3 aromatic rings. The number of hydrogen-bond acceptors (Lipinski definition) is 6. The maximum Gasteiger partial charge on any atom is 0.203 e. The highest BCUT2D eigenvalue weighted by Crippen LogP contribution is 2.49. The zero-order valence-corrected chi connectivity index (χ0v) is 20.6. The molecule has 0 radical (unpaired) electrons. The van der Waals surface area contributed by atoms with Gasteiger partial charge in [0.1, 0.15) is 5.78 Å². The minimum Gasteiger partial charge on any atom is -0.493 e. The Morgan fingerprint density at radius 1 is 0.857 bits per heavy atom. The minimum absolute atomic E-state index is 0.0447. The van der Waals surface area contributed by atoms with Crippen molar-refractivity contribution >= 4 is 28.8 Å². The summed E-state index contributed by atoms with van der Waals surface area (Å²) in [6, 6.07) is 19.0. The SMILES string of the molecule is COc1ccc(C2Nc3ccccc3NC3=CC(c4ccc(Cl)cc4)CC(=O)C32)c(OC)c1OC. The van der Waals surface area contributed by atoms with Crippen LogP contribution < -0.4 is 24.8 Å². The third kappa shape index (κ3) is 4.19. The molecule has 2 N–H and O–H groups in total. The van der Waals surface area contributed by atoms with E-state index in [1.54, 1.807) is 21.3 Å². The summed E-state index contributed by atoms with van der Waals surface area (Å²) in [5, 5.41) is 7.83. The summed E-state index contributed by atoms with van der Waals surface area (Å²) in [7, 11) is 4.76. The van der Waals surface area contributed by atoms with Gasteiger partial charge >= 0.3 is 0 Å². The van der Waals surface area contributed by atoms with Crippen LogP contribution in [-0.4, -0.2) is 27.1 Å². The molecule has 35 heavy (non-hydrogen) atoms. The van der Waals surface area contributed by atoms with Crippen LogP contribution in [0, 0.1) is 5.92 Å². The Kier molecular flexibility index (Phi) is 6.31. The number of rotatable bonds is 5. The van der Waals surface area contributed by atoms with Crippen molar-refractivity contribution in [1.29, 1.82) is 0 Å². The van der Waals surface area contributed by atoms with E-state index < -0.39 is 5.92 Å². The average molecular weight is 491 g/mol. The lowest BCUT2D eigenvalue weighted by Gasteiger charge is -2.33. The molecule has 3 aromatic carbocycles. The van der Waals surface area contributed by atoms with Crippen LogP contribution in [0.2, 0.25) is 5.02 Å². The summed E-state index contributed by atoms with van der Waals surface area (Å²) >= 11 is 6.10. The predicted octanol–water partition coefficient (Wildman–Crippen LogP) is 6.20. The molecular formula is C28H27ClN2O4. The third-order valence-electron chi connectivity index (χ3n) is 6.70. The van der Waals surface area contributed by atoms with Gasteiger partial charge in [0.05, 0.1) is 44.7 Å². The fourth-order valence-electron chi connectivity index (χ4n) is 5.06. The second-order valence-corrected chi connectivity index (χ2v) is 9.08. The molecular weight excluding hydrogens is 464 g/mol. The topological polar surface area (TPSA) is 68.8 Å². The quantitative estimate of drug-likeness (QED) is 0.443. The summed E-state index contributed by atoms with van der Waals surface area (Å²) in [4.78, 5) is 13.8. The molecule has 180 valence electrons. The Hall–Kier alpha value is -3.64. The van der Waals surface area contributed by atoms with Gasteiger partial charge in [-0.25, -0.2) is 0 Å². The Morgan fingerprint density at radius 2 is 1.57 bits per heavy atom. The van der Waals surface area contributed by atoms with Crippen molar-refractivity contribution in [3.05, 3.63) is 88.6 Å². The van der Waals surface area contributed by atoms with Crippen LogP contribution in [0.25, 0.3) is 0 Å². The third-order valence-corrected chi connectivity index (χ3v) is 6.95. The zero-order valence-electron chi connectivity index (χ0n) is 19.8. The van der Waals surface area contributed by atoms with Crippen molar-refractivity contribution in [1.82, 2.24) is 0 Å². The number of hydrogen-bond donors (Lipinski definition) is 2. The molecule has 0 saturated heterocycles. The van der Waals surface area contributed by atoms with Crippen molar-refractivity contribution in [2.24, 2.45) is 5.92 Å². The highest BCUT2D eigenvalue weighted by molar-refractivity contribution is 6.30. The van der Waals surface area contributed by atoms with Crippen molar-refractivity contribution in [3.63, 3.8) is 0 Å².